The molecule has 0 saturated carbocycles. The van der Waals surface area contributed by atoms with E-state index in [0.717, 1.165) is 23.3 Å². The molecule has 0 bridgehead atoms. The number of hydrogen-bond acceptors (Lipinski definition) is 6. The molecule has 2 N–H and O–H groups in total. The van der Waals surface area contributed by atoms with E-state index < -0.39 is 69.1 Å². The van der Waals surface area contributed by atoms with E-state index in [4.69, 9.17) is 16.4 Å². The fraction of sp³-hybridized carbons (Fsp3) is 0.368. The standard InChI is InChI=1S/C19H17ClF6N4O3S/c1-34(27,32)16-6-10(2-3-28-16)29-17(31)11-7-13(20)12(18(21,22)23)8-14(11)30-4-5-33-15(9-30)19(24,25)26/h2-3,6-8,15,27H,4-5,9H2,1H3,(H,28,29,31). The summed E-state index contributed by atoms with van der Waals surface area (Å²) in [5.41, 5.74) is -2.13. The zero-order valence-electron chi connectivity index (χ0n) is 17.3. The lowest BCUT2D eigenvalue weighted by atomic mass is 10.0. The normalized spacial score (nSPS) is 18.9. The third-order valence-corrected chi connectivity index (χ3v) is 6.13. The Morgan fingerprint density at radius 3 is 2.53 bits per heavy atom. The highest BCUT2D eigenvalue weighted by Crippen LogP contribution is 2.40. The minimum Gasteiger partial charge on any atom is -0.366 e. The Balaban J connectivity index is 2.04. The molecule has 34 heavy (non-hydrogen) atoms. The molecule has 0 aliphatic carbocycles. The van der Waals surface area contributed by atoms with Crippen molar-refractivity contribution in [1.29, 1.82) is 4.78 Å². The summed E-state index contributed by atoms with van der Waals surface area (Å²) in [7, 11) is -3.24. The highest BCUT2D eigenvalue weighted by molar-refractivity contribution is 7.91. The predicted octanol–water partition coefficient (Wildman–Crippen LogP) is 4.81. The molecule has 2 unspecified atom stereocenters. The molecule has 2 heterocycles. The maximum Gasteiger partial charge on any atom is 0.417 e. The molecule has 15 heteroatoms. The van der Waals surface area contributed by atoms with Crippen LogP contribution >= 0.6 is 11.6 Å². The molecule has 0 spiro atoms. The van der Waals surface area contributed by atoms with Gasteiger partial charge in [-0.25, -0.2) is 14.0 Å². The average Bonchev–Trinajstić information content (AvgIpc) is 2.71. The Kier molecular flexibility index (Phi) is 7.06. The summed E-state index contributed by atoms with van der Waals surface area (Å²) in [6, 6.07) is 3.68. The van der Waals surface area contributed by atoms with Crippen LogP contribution in [-0.2, 0) is 20.6 Å². The maximum atomic E-state index is 13.4. The van der Waals surface area contributed by atoms with Crippen molar-refractivity contribution in [3.63, 3.8) is 0 Å². The first-order chi connectivity index (χ1) is 15.6. The summed E-state index contributed by atoms with van der Waals surface area (Å²) in [6.07, 6.45) is -9.69. The van der Waals surface area contributed by atoms with Gasteiger partial charge in [-0.1, -0.05) is 11.6 Å². The van der Waals surface area contributed by atoms with Crippen molar-refractivity contribution in [3.05, 3.63) is 46.6 Å². The van der Waals surface area contributed by atoms with Crippen LogP contribution < -0.4 is 10.2 Å². The molecular weight excluding hydrogens is 514 g/mol. The largest absolute Gasteiger partial charge is 0.417 e. The number of aromatic nitrogens is 1. The van der Waals surface area contributed by atoms with E-state index in [2.05, 4.69) is 15.0 Å². The molecule has 1 aliphatic heterocycles. The number of halogens is 7. The van der Waals surface area contributed by atoms with E-state index in [1.807, 2.05) is 0 Å². The van der Waals surface area contributed by atoms with Crippen LogP contribution in [0.3, 0.4) is 0 Å². The highest BCUT2D eigenvalue weighted by Gasteiger charge is 2.44. The third kappa shape index (κ3) is 5.91. The number of ether oxygens (including phenoxy) is 1. The lowest BCUT2D eigenvalue weighted by Crippen LogP contribution is -2.49. The topological polar surface area (TPSA) is 95.4 Å². The second-order valence-corrected chi connectivity index (χ2v) is 9.89. The number of nitrogens with one attached hydrogen (secondary N) is 2. The first-order valence-corrected chi connectivity index (χ1v) is 11.8. The molecule has 2 aromatic rings. The van der Waals surface area contributed by atoms with Crippen molar-refractivity contribution < 1.29 is 40.1 Å². The molecule has 1 fully saturated rings. The summed E-state index contributed by atoms with van der Waals surface area (Å²) in [6.45, 7) is -1.47. The zero-order valence-corrected chi connectivity index (χ0v) is 18.8. The second-order valence-electron chi connectivity index (χ2n) is 7.37. The summed E-state index contributed by atoms with van der Waals surface area (Å²) in [5.74, 6) is -0.981. The van der Waals surface area contributed by atoms with Gasteiger partial charge in [-0.15, -0.1) is 0 Å². The van der Waals surface area contributed by atoms with Crippen LogP contribution in [0.2, 0.25) is 5.02 Å². The van der Waals surface area contributed by atoms with Gasteiger partial charge in [0.05, 0.1) is 44.7 Å². The average molecular weight is 531 g/mol. The van der Waals surface area contributed by atoms with Crippen LogP contribution in [0.25, 0.3) is 0 Å². The monoisotopic (exact) mass is 530 g/mol. The first-order valence-electron chi connectivity index (χ1n) is 9.42. The van der Waals surface area contributed by atoms with Crippen molar-refractivity contribution in [2.24, 2.45) is 0 Å². The third-order valence-electron chi connectivity index (χ3n) is 4.80. The van der Waals surface area contributed by atoms with Gasteiger partial charge in [0.2, 0.25) is 0 Å². The van der Waals surface area contributed by atoms with Gasteiger partial charge in [0, 0.05) is 24.7 Å². The van der Waals surface area contributed by atoms with E-state index in [0.29, 0.717) is 6.07 Å². The Morgan fingerprint density at radius 2 is 1.94 bits per heavy atom. The van der Waals surface area contributed by atoms with Crippen molar-refractivity contribution >= 4 is 38.6 Å². The van der Waals surface area contributed by atoms with E-state index in [9.17, 15) is 35.3 Å². The molecule has 3 rings (SSSR count). The van der Waals surface area contributed by atoms with Gasteiger partial charge in [0.1, 0.15) is 5.03 Å². The zero-order chi connectivity index (χ0) is 25.5. The minimum atomic E-state index is -4.92. The van der Waals surface area contributed by atoms with Crippen LogP contribution in [-0.4, -0.2) is 53.3 Å². The number of rotatable bonds is 4. The van der Waals surface area contributed by atoms with Gasteiger partial charge >= 0.3 is 12.4 Å². The van der Waals surface area contributed by atoms with Crippen molar-refractivity contribution in [2.45, 2.75) is 23.5 Å². The Labute approximate surface area is 195 Å². The molecule has 1 aromatic heterocycles. The van der Waals surface area contributed by atoms with Gasteiger partial charge in [0.15, 0.2) is 6.10 Å². The minimum absolute atomic E-state index is 0.0222. The van der Waals surface area contributed by atoms with E-state index in [-0.39, 0.29) is 17.3 Å². The van der Waals surface area contributed by atoms with Crippen LogP contribution in [0.15, 0.2) is 35.5 Å². The summed E-state index contributed by atoms with van der Waals surface area (Å²) < 4.78 is 104. The maximum absolute atomic E-state index is 13.4. The summed E-state index contributed by atoms with van der Waals surface area (Å²) >= 11 is 5.76. The van der Waals surface area contributed by atoms with E-state index in [1.165, 1.54) is 12.3 Å². The number of nitrogens with zero attached hydrogens (tertiary/aromatic N) is 2. The van der Waals surface area contributed by atoms with Gasteiger partial charge in [-0.3, -0.25) is 4.79 Å². The summed E-state index contributed by atoms with van der Waals surface area (Å²) in [5, 5.41) is 1.39. The number of benzene rings is 1. The van der Waals surface area contributed by atoms with E-state index >= 15 is 0 Å². The molecule has 1 aromatic carbocycles. The lowest BCUT2D eigenvalue weighted by molar-refractivity contribution is -0.221. The smallest absolute Gasteiger partial charge is 0.366 e. The fourth-order valence-corrected chi connectivity index (χ4v) is 4.07. The van der Waals surface area contributed by atoms with Crippen LogP contribution in [0, 0.1) is 4.78 Å². The van der Waals surface area contributed by atoms with Crippen molar-refractivity contribution in [2.75, 3.05) is 36.2 Å². The van der Waals surface area contributed by atoms with Gasteiger partial charge < -0.3 is 15.0 Å². The molecule has 1 amide bonds. The first kappa shape index (κ1) is 26.0. The number of amides is 1. The van der Waals surface area contributed by atoms with Gasteiger partial charge in [-0.05, 0) is 24.3 Å². The van der Waals surface area contributed by atoms with E-state index in [1.54, 1.807) is 0 Å². The highest BCUT2D eigenvalue weighted by atomic mass is 35.5. The Bertz CT molecular complexity index is 1200. The quantitative estimate of drug-likeness (QED) is 0.553. The number of pyridine rings is 1. The number of anilines is 2. The van der Waals surface area contributed by atoms with Gasteiger partial charge in [0.25, 0.3) is 5.91 Å². The number of carbonyl (C=O) groups is 1. The second kappa shape index (κ2) is 9.23. The number of alkyl halides is 6. The van der Waals surface area contributed by atoms with Crippen molar-refractivity contribution in [1.82, 2.24) is 4.98 Å². The van der Waals surface area contributed by atoms with Crippen LogP contribution in [0.4, 0.5) is 37.7 Å². The summed E-state index contributed by atoms with van der Waals surface area (Å²) in [4.78, 5) is 17.7. The number of carbonyl (C=O) groups excluding carboxylic acids is 1. The van der Waals surface area contributed by atoms with Crippen LogP contribution in [0.5, 0.6) is 0 Å². The van der Waals surface area contributed by atoms with Crippen LogP contribution in [0.1, 0.15) is 15.9 Å². The SMILES string of the molecule is CS(=N)(=O)c1cc(NC(=O)c2cc(Cl)c(C(F)(F)F)cc2N2CCOC(C(F)(F)F)C2)ccn1. The lowest BCUT2D eigenvalue weighted by Gasteiger charge is -2.36. The predicted molar refractivity (Wildman–Crippen MR) is 112 cm³/mol. The molecule has 7 nitrogen and oxygen atoms in total. The fourth-order valence-electron chi connectivity index (χ4n) is 3.19. The van der Waals surface area contributed by atoms with Crippen molar-refractivity contribution in [3.8, 4) is 0 Å². The Morgan fingerprint density at radius 1 is 1.26 bits per heavy atom. The number of hydrogen-bond donors (Lipinski definition) is 2. The molecule has 1 aliphatic rings. The molecule has 1 saturated heterocycles. The molecular formula is C19H17ClF6N4O3S. The molecule has 2 atom stereocenters. The molecule has 0 radical (unpaired) electrons. The molecule has 186 valence electrons. The Hall–Kier alpha value is -2.58. The number of morpholine rings is 1. The van der Waals surface area contributed by atoms with Gasteiger partial charge in [-0.2, -0.15) is 26.3 Å².